The van der Waals surface area contributed by atoms with Gasteiger partial charge in [-0.2, -0.15) is 0 Å². The van der Waals surface area contributed by atoms with Gasteiger partial charge in [-0.15, -0.1) is 0 Å². The SMILES string of the molecule is Cc1ccccc1NCCN1CCC(C(C)(C)C)C1. The predicted molar refractivity (Wildman–Crippen MR) is 83.7 cm³/mol. The van der Waals surface area contributed by atoms with Crippen LogP contribution in [0.4, 0.5) is 5.69 Å². The molecule has 0 spiro atoms. The zero-order chi connectivity index (χ0) is 13.9. The molecule has 0 amide bonds. The second-order valence-electron chi connectivity index (χ2n) is 6.89. The average Bonchev–Trinajstić information content (AvgIpc) is 2.80. The minimum atomic E-state index is 0.457. The first-order valence-corrected chi connectivity index (χ1v) is 7.48. The van der Waals surface area contributed by atoms with Gasteiger partial charge in [0.15, 0.2) is 0 Å². The summed E-state index contributed by atoms with van der Waals surface area (Å²) in [6, 6.07) is 8.51. The Morgan fingerprint density at radius 2 is 2.00 bits per heavy atom. The molecule has 1 heterocycles. The highest BCUT2D eigenvalue weighted by atomic mass is 15.2. The summed E-state index contributed by atoms with van der Waals surface area (Å²) in [7, 11) is 0. The van der Waals surface area contributed by atoms with Crippen molar-refractivity contribution in [3.63, 3.8) is 0 Å². The van der Waals surface area contributed by atoms with Crippen LogP contribution in [0.2, 0.25) is 0 Å². The second kappa shape index (κ2) is 5.96. The Kier molecular flexibility index (Phi) is 4.51. The fourth-order valence-electron chi connectivity index (χ4n) is 2.86. The summed E-state index contributed by atoms with van der Waals surface area (Å²) < 4.78 is 0. The third-order valence-corrected chi connectivity index (χ3v) is 4.39. The Bertz CT molecular complexity index is 406. The maximum atomic E-state index is 3.55. The second-order valence-corrected chi connectivity index (χ2v) is 6.89. The Labute approximate surface area is 118 Å². The van der Waals surface area contributed by atoms with Crippen LogP contribution in [0.1, 0.15) is 32.8 Å². The molecule has 2 rings (SSSR count). The lowest BCUT2D eigenvalue weighted by molar-refractivity contribution is 0.232. The molecule has 0 aromatic heterocycles. The van der Waals surface area contributed by atoms with Crippen LogP contribution in [0, 0.1) is 18.3 Å². The molecule has 0 radical (unpaired) electrons. The number of hydrogen-bond acceptors (Lipinski definition) is 2. The Morgan fingerprint density at radius 3 is 2.63 bits per heavy atom. The van der Waals surface area contributed by atoms with Crippen molar-refractivity contribution in [1.82, 2.24) is 4.90 Å². The molecule has 1 aromatic carbocycles. The predicted octanol–water partition coefficient (Wildman–Crippen LogP) is 3.77. The highest BCUT2D eigenvalue weighted by Gasteiger charge is 2.31. The third kappa shape index (κ3) is 3.97. The van der Waals surface area contributed by atoms with Crippen LogP contribution in [-0.2, 0) is 0 Å². The van der Waals surface area contributed by atoms with Crippen LogP contribution in [0.5, 0.6) is 0 Å². The smallest absolute Gasteiger partial charge is 0.0370 e. The summed E-state index contributed by atoms with van der Waals surface area (Å²) in [5, 5.41) is 3.55. The molecule has 2 nitrogen and oxygen atoms in total. The van der Waals surface area contributed by atoms with E-state index in [2.05, 4.69) is 62.2 Å². The standard InChI is InChI=1S/C17H28N2/c1-14-7-5-6-8-16(14)18-10-12-19-11-9-15(13-19)17(2,3)4/h5-8,15,18H,9-13H2,1-4H3. The molecule has 1 N–H and O–H groups in total. The summed E-state index contributed by atoms with van der Waals surface area (Å²) in [4.78, 5) is 2.60. The van der Waals surface area contributed by atoms with E-state index in [9.17, 15) is 0 Å². The van der Waals surface area contributed by atoms with Gasteiger partial charge >= 0.3 is 0 Å². The van der Waals surface area contributed by atoms with Crippen molar-refractivity contribution in [3.05, 3.63) is 29.8 Å². The molecular formula is C17H28N2. The van der Waals surface area contributed by atoms with E-state index in [-0.39, 0.29) is 0 Å². The molecule has 19 heavy (non-hydrogen) atoms. The fraction of sp³-hybridized carbons (Fsp3) is 0.647. The van der Waals surface area contributed by atoms with Gasteiger partial charge in [-0.1, -0.05) is 39.0 Å². The van der Waals surface area contributed by atoms with Crippen molar-refractivity contribution in [2.75, 3.05) is 31.5 Å². The number of likely N-dealkylation sites (tertiary alicyclic amines) is 1. The minimum Gasteiger partial charge on any atom is -0.384 e. The van der Waals surface area contributed by atoms with E-state index in [4.69, 9.17) is 0 Å². The highest BCUT2D eigenvalue weighted by molar-refractivity contribution is 5.50. The van der Waals surface area contributed by atoms with Gasteiger partial charge in [0.2, 0.25) is 0 Å². The summed E-state index contributed by atoms with van der Waals surface area (Å²) in [5.74, 6) is 0.853. The van der Waals surface area contributed by atoms with Gasteiger partial charge in [-0.25, -0.2) is 0 Å². The lowest BCUT2D eigenvalue weighted by Crippen LogP contribution is -2.29. The van der Waals surface area contributed by atoms with E-state index in [0.717, 1.165) is 19.0 Å². The molecule has 1 aliphatic rings. The molecule has 0 saturated carbocycles. The Hall–Kier alpha value is -1.02. The molecule has 2 heteroatoms. The van der Waals surface area contributed by atoms with Crippen molar-refractivity contribution in [3.8, 4) is 0 Å². The highest BCUT2D eigenvalue weighted by Crippen LogP contribution is 2.33. The zero-order valence-corrected chi connectivity index (χ0v) is 12.9. The molecule has 1 aliphatic heterocycles. The molecule has 0 aliphatic carbocycles. The quantitative estimate of drug-likeness (QED) is 0.886. The van der Waals surface area contributed by atoms with E-state index in [1.54, 1.807) is 0 Å². The summed E-state index contributed by atoms with van der Waals surface area (Å²) in [6.45, 7) is 14.0. The van der Waals surface area contributed by atoms with Crippen molar-refractivity contribution in [1.29, 1.82) is 0 Å². The van der Waals surface area contributed by atoms with Crippen molar-refractivity contribution < 1.29 is 0 Å². The lowest BCUT2D eigenvalue weighted by atomic mass is 9.80. The maximum Gasteiger partial charge on any atom is 0.0370 e. The van der Waals surface area contributed by atoms with Crippen molar-refractivity contribution in [2.45, 2.75) is 34.1 Å². The first kappa shape index (κ1) is 14.4. The van der Waals surface area contributed by atoms with Crippen molar-refractivity contribution in [2.24, 2.45) is 11.3 Å². The molecule has 106 valence electrons. The minimum absolute atomic E-state index is 0.457. The van der Waals surface area contributed by atoms with Gasteiger partial charge in [-0.05, 0) is 42.9 Å². The summed E-state index contributed by atoms with van der Waals surface area (Å²) in [6.07, 6.45) is 1.36. The van der Waals surface area contributed by atoms with E-state index >= 15 is 0 Å². The van der Waals surface area contributed by atoms with Crippen LogP contribution < -0.4 is 5.32 Å². The van der Waals surface area contributed by atoms with Crippen molar-refractivity contribution >= 4 is 5.69 Å². The summed E-state index contributed by atoms with van der Waals surface area (Å²) in [5.41, 5.74) is 3.06. The summed E-state index contributed by atoms with van der Waals surface area (Å²) >= 11 is 0. The average molecular weight is 260 g/mol. The van der Waals surface area contributed by atoms with Crippen LogP contribution >= 0.6 is 0 Å². The van der Waals surface area contributed by atoms with E-state index < -0.39 is 0 Å². The van der Waals surface area contributed by atoms with E-state index in [1.807, 2.05) is 0 Å². The van der Waals surface area contributed by atoms with E-state index in [1.165, 1.54) is 30.8 Å². The number of para-hydroxylation sites is 1. The molecule has 1 unspecified atom stereocenters. The van der Waals surface area contributed by atoms with E-state index in [0.29, 0.717) is 5.41 Å². The third-order valence-electron chi connectivity index (χ3n) is 4.39. The Balaban J connectivity index is 1.74. The molecular weight excluding hydrogens is 232 g/mol. The molecule has 1 saturated heterocycles. The van der Waals surface area contributed by atoms with Gasteiger partial charge in [-0.3, -0.25) is 0 Å². The van der Waals surface area contributed by atoms with Gasteiger partial charge < -0.3 is 10.2 Å². The number of aryl methyl sites for hydroxylation is 1. The maximum absolute atomic E-state index is 3.55. The number of nitrogens with zero attached hydrogens (tertiary/aromatic N) is 1. The molecule has 1 atom stereocenters. The first-order valence-electron chi connectivity index (χ1n) is 7.48. The van der Waals surface area contributed by atoms with Gasteiger partial charge in [0.05, 0.1) is 0 Å². The number of hydrogen-bond donors (Lipinski definition) is 1. The lowest BCUT2D eigenvalue weighted by Gasteiger charge is -2.27. The van der Waals surface area contributed by atoms with Gasteiger partial charge in [0.1, 0.15) is 0 Å². The molecule has 1 fully saturated rings. The van der Waals surface area contributed by atoms with Gasteiger partial charge in [0, 0.05) is 25.3 Å². The number of nitrogens with one attached hydrogen (secondary N) is 1. The number of benzene rings is 1. The van der Waals surface area contributed by atoms with Crippen LogP contribution in [0.15, 0.2) is 24.3 Å². The fourth-order valence-corrected chi connectivity index (χ4v) is 2.86. The zero-order valence-electron chi connectivity index (χ0n) is 12.9. The van der Waals surface area contributed by atoms with Gasteiger partial charge in [0.25, 0.3) is 0 Å². The monoisotopic (exact) mass is 260 g/mol. The largest absolute Gasteiger partial charge is 0.384 e. The normalized spacial score (nSPS) is 20.7. The Morgan fingerprint density at radius 1 is 1.26 bits per heavy atom. The molecule has 1 aromatic rings. The first-order chi connectivity index (χ1) is 8.97. The topological polar surface area (TPSA) is 15.3 Å². The van der Waals surface area contributed by atoms with Crippen LogP contribution in [0.3, 0.4) is 0 Å². The van der Waals surface area contributed by atoms with Crippen LogP contribution in [0.25, 0.3) is 0 Å². The molecule has 0 bridgehead atoms. The number of rotatable bonds is 4. The van der Waals surface area contributed by atoms with Crippen LogP contribution in [-0.4, -0.2) is 31.1 Å². The number of anilines is 1.